The second kappa shape index (κ2) is 7.27. The van der Waals surface area contributed by atoms with Gasteiger partial charge in [0.15, 0.2) is 6.39 Å². The van der Waals surface area contributed by atoms with E-state index in [2.05, 4.69) is 22.0 Å². The third-order valence-electron chi connectivity index (χ3n) is 6.38. The first kappa shape index (κ1) is 18.3. The third kappa shape index (κ3) is 3.03. The van der Waals surface area contributed by atoms with Crippen molar-refractivity contribution >= 4 is 11.8 Å². The van der Waals surface area contributed by atoms with Gasteiger partial charge in [0.05, 0.1) is 19.4 Å². The number of benzene rings is 1. The number of aromatic nitrogens is 1. The monoisotopic (exact) mass is 396 g/mol. The molecule has 3 aliphatic heterocycles. The number of carbonyl (C=O) groups excluding carboxylic acids is 2. The Bertz CT molecular complexity index is 879. The van der Waals surface area contributed by atoms with E-state index in [-0.39, 0.29) is 29.3 Å². The molecule has 29 heavy (non-hydrogen) atoms. The second-order valence-corrected chi connectivity index (χ2v) is 7.83. The van der Waals surface area contributed by atoms with Crippen molar-refractivity contribution in [3.05, 3.63) is 54.2 Å². The predicted octanol–water partition coefficient (Wildman–Crippen LogP) is 1.35. The molecule has 0 aliphatic carbocycles. The molecule has 0 unspecified atom stereocenters. The number of hydrogen-bond acceptors (Lipinski definition) is 6. The standard InChI is InChI=1S/C21H24N4O4/c26-19-17-14-23(20(27)18-12-22-15-29-18)8-9-24(17)21(6-10-28-11-7-21)25(19)13-16-4-2-1-3-5-16/h1-5,12,15,17H,6-11,13-14H2/t17-/m1/s1. The van der Waals surface area contributed by atoms with E-state index >= 15 is 0 Å². The molecule has 0 N–H and O–H groups in total. The van der Waals surface area contributed by atoms with Crippen molar-refractivity contribution in [2.45, 2.75) is 31.1 Å². The fourth-order valence-corrected chi connectivity index (χ4v) is 4.94. The average Bonchev–Trinajstić information content (AvgIpc) is 3.38. The second-order valence-electron chi connectivity index (χ2n) is 7.83. The maximum atomic E-state index is 13.5. The minimum atomic E-state index is -0.336. The molecule has 1 aromatic heterocycles. The Kier molecular flexibility index (Phi) is 4.60. The van der Waals surface area contributed by atoms with Gasteiger partial charge in [-0.2, -0.15) is 0 Å². The smallest absolute Gasteiger partial charge is 0.291 e. The van der Waals surface area contributed by atoms with Crippen LogP contribution in [0.25, 0.3) is 0 Å². The zero-order valence-corrected chi connectivity index (χ0v) is 16.2. The third-order valence-corrected chi connectivity index (χ3v) is 6.38. The Morgan fingerprint density at radius 3 is 2.69 bits per heavy atom. The van der Waals surface area contributed by atoms with Crippen molar-refractivity contribution in [2.75, 3.05) is 32.8 Å². The number of fused-ring (bicyclic) bond motifs is 2. The zero-order valence-electron chi connectivity index (χ0n) is 16.2. The Balaban J connectivity index is 1.43. The summed E-state index contributed by atoms with van der Waals surface area (Å²) in [4.78, 5) is 36.1. The van der Waals surface area contributed by atoms with Crippen molar-refractivity contribution in [3.8, 4) is 0 Å². The van der Waals surface area contributed by atoms with Crippen molar-refractivity contribution in [3.63, 3.8) is 0 Å². The number of piperazine rings is 1. The SMILES string of the molecule is O=C(c1cnco1)N1CCN2[C@H](C1)C(=O)N(Cc1ccccc1)C21CCOCC1. The van der Waals surface area contributed by atoms with Gasteiger partial charge in [0, 0.05) is 39.0 Å². The van der Waals surface area contributed by atoms with Gasteiger partial charge < -0.3 is 19.0 Å². The van der Waals surface area contributed by atoms with E-state index in [1.54, 1.807) is 4.90 Å². The van der Waals surface area contributed by atoms with Crippen LogP contribution in [-0.2, 0) is 16.1 Å². The molecule has 152 valence electrons. The summed E-state index contributed by atoms with van der Waals surface area (Å²) in [6.45, 7) is 3.44. The largest absolute Gasteiger partial charge is 0.438 e. The van der Waals surface area contributed by atoms with E-state index in [0.29, 0.717) is 39.4 Å². The van der Waals surface area contributed by atoms with Gasteiger partial charge >= 0.3 is 0 Å². The van der Waals surface area contributed by atoms with E-state index < -0.39 is 0 Å². The Labute approximate surface area is 169 Å². The predicted molar refractivity (Wildman–Crippen MR) is 103 cm³/mol. The first-order valence-electron chi connectivity index (χ1n) is 10.1. The number of ether oxygens (including phenoxy) is 1. The molecule has 8 heteroatoms. The van der Waals surface area contributed by atoms with Crippen molar-refractivity contribution < 1.29 is 18.7 Å². The summed E-state index contributed by atoms with van der Waals surface area (Å²) in [5, 5.41) is 0. The van der Waals surface area contributed by atoms with E-state index in [1.165, 1.54) is 12.6 Å². The topological polar surface area (TPSA) is 79.1 Å². The average molecular weight is 396 g/mol. The van der Waals surface area contributed by atoms with Gasteiger partial charge in [0.2, 0.25) is 11.7 Å². The van der Waals surface area contributed by atoms with Crippen LogP contribution < -0.4 is 0 Å². The summed E-state index contributed by atoms with van der Waals surface area (Å²) in [7, 11) is 0. The lowest BCUT2D eigenvalue weighted by Gasteiger charge is -2.48. The number of hydrogen-bond donors (Lipinski definition) is 0. The number of nitrogens with zero attached hydrogens (tertiary/aromatic N) is 4. The summed E-state index contributed by atoms with van der Waals surface area (Å²) in [6.07, 6.45) is 4.26. The minimum absolute atomic E-state index is 0.0887. The highest BCUT2D eigenvalue weighted by molar-refractivity contribution is 5.92. The quantitative estimate of drug-likeness (QED) is 0.779. The molecule has 3 fully saturated rings. The molecule has 1 atom stereocenters. The van der Waals surface area contributed by atoms with Crippen LogP contribution in [0.2, 0.25) is 0 Å². The maximum Gasteiger partial charge on any atom is 0.291 e. The Hall–Kier alpha value is -2.71. The molecular weight excluding hydrogens is 372 g/mol. The van der Waals surface area contributed by atoms with Crippen molar-refractivity contribution in [1.82, 2.24) is 19.7 Å². The van der Waals surface area contributed by atoms with E-state index in [4.69, 9.17) is 9.15 Å². The van der Waals surface area contributed by atoms with Crippen LogP contribution >= 0.6 is 0 Å². The van der Waals surface area contributed by atoms with Gasteiger partial charge in [-0.3, -0.25) is 14.5 Å². The summed E-state index contributed by atoms with van der Waals surface area (Å²) < 4.78 is 10.8. The van der Waals surface area contributed by atoms with Gasteiger partial charge in [-0.25, -0.2) is 4.98 Å². The van der Waals surface area contributed by atoms with Crippen LogP contribution in [0.4, 0.5) is 0 Å². The molecule has 3 saturated heterocycles. The molecule has 2 amide bonds. The molecule has 1 spiro atoms. The Morgan fingerprint density at radius 2 is 1.97 bits per heavy atom. The summed E-state index contributed by atoms with van der Waals surface area (Å²) in [5.74, 6) is 0.0918. The number of oxazole rings is 1. The molecule has 5 rings (SSSR count). The fraction of sp³-hybridized carbons (Fsp3) is 0.476. The summed E-state index contributed by atoms with van der Waals surface area (Å²) in [6, 6.07) is 9.75. The molecule has 1 aromatic carbocycles. The van der Waals surface area contributed by atoms with Gasteiger partial charge in [-0.05, 0) is 5.56 Å². The number of amides is 2. The lowest BCUT2D eigenvalue weighted by Crippen LogP contribution is -2.62. The Morgan fingerprint density at radius 1 is 1.17 bits per heavy atom. The molecule has 0 saturated carbocycles. The summed E-state index contributed by atoms with van der Waals surface area (Å²) in [5.41, 5.74) is 0.776. The molecular formula is C21H24N4O4. The highest BCUT2D eigenvalue weighted by Crippen LogP contribution is 2.42. The molecule has 4 heterocycles. The number of carbonyl (C=O) groups is 2. The van der Waals surface area contributed by atoms with E-state index in [9.17, 15) is 9.59 Å². The molecule has 0 radical (unpaired) electrons. The molecule has 2 aromatic rings. The first-order chi connectivity index (χ1) is 14.2. The highest BCUT2D eigenvalue weighted by atomic mass is 16.5. The molecule has 8 nitrogen and oxygen atoms in total. The van der Waals surface area contributed by atoms with Gasteiger partial charge in [0.1, 0.15) is 11.7 Å². The van der Waals surface area contributed by atoms with Crippen LogP contribution in [0.3, 0.4) is 0 Å². The van der Waals surface area contributed by atoms with Crippen LogP contribution in [0, 0.1) is 0 Å². The van der Waals surface area contributed by atoms with Gasteiger partial charge in [-0.15, -0.1) is 0 Å². The normalized spacial score (nSPS) is 24.1. The van der Waals surface area contributed by atoms with E-state index in [0.717, 1.165) is 18.4 Å². The minimum Gasteiger partial charge on any atom is -0.438 e. The van der Waals surface area contributed by atoms with Crippen molar-refractivity contribution in [1.29, 1.82) is 0 Å². The van der Waals surface area contributed by atoms with Crippen LogP contribution in [0.1, 0.15) is 29.0 Å². The highest BCUT2D eigenvalue weighted by Gasteiger charge is 2.58. The number of rotatable bonds is 3. The zero-order chi connectivity index (χ0) is 19.8. The maximum absolute atomic E-state index is 13.5. The van der Waals surface area contributed by atoms with Crippen LogP contribution in [-0.4, -0.2) is 76.1 Å². The van der Waals surface area contributed by atoms with Gasteiger partial charge in [0.25, 0.3) is 5.91 Å². The van der Waals surface area contributed by atoms with Gasteiger partial charge in [-0.1, -0.05) is 30.3 Å². The lowest BCUT2D eigenvalue weighted by molar-refractivity contribution is -0.137. The molecule has 0 bridgehead atoms. The van der Waals surface area contributed by atoms with Crippen molar-refractivity contribution in [2.24, 2.45) is 0 Å². The summed E-state index contributed by atoms with van der Waals surface area (Å²) >= 11 is 0. The van der Waals surface area contributed by atoms with E-state index in [1.807, 2.05) is 23.1 Å². The fourth-order valence-electron chi connectivity index (χ4n) is 4.94. The molecule has 3 aliphatic rings. The first-order valence-corrected chi connectivity index (χ1v) is 10.1. The van der Waals surface area contributed by atoms with Crippen LogP contribution in [0.15, 0.2) is 47.3 Å². The van der Waals surface area contributed by atoms with Crippen LogP contribution in [0.5, 0.6) is 0 Å². The lowest BCUT2D eigenvalue weighted by atomic mass is 9.96.